The maximum Gasteiger partial charge on any atom is 0.306 e. The minimum atomic E-state index is -0.404. The van der Waals surface area contributed by atoms with Gasteiger partial charge in [-0.25, -0.2) is 0 Å². The van der Waals surface area contributed by atoms with Crippen LogP contribution in [-0.2, 0) is 20.7 Å². The third-order valence-corrected chi connectivity index (χ3v) is 3.91. The highest BCUT2D eigenvalue weighted by atomic mass is 16.5. The number of carbonyl (C=O) groups excluding carboxylic acids is 2. The Morgan fingerprint density at radius 2 is 1.73 bits per heavy atom. The zero-order chi connectivity index (χ0) is 18.8. The van der Waals surface area contributed by atoms with Crippen LogP contribution in [0.2, 0.25) is 0 Å². The fourth-order valence-corrected chi connectivity index (χ4v) is 2.57. The molecule has 0 unspecified atom stereocenters. The van der Waals surface area contributed by atoms with Crippen molar-refractivity contribution in [1.29, 1.82) is 0 Å². The molecule has 0 saturated carbocycles. The van der Waals surface area contributed by atoms with Gasteiger partial charge >= 0.3 is 5.97 Å². The zero-order valence-corrected chi connectivity index (χ0v) is 15.2. The molecule has 5 nitrogen and oxygen atoms in total. The van der Waals surface area contributed by atoms with Gasteiger partial charge in [0.25, 0.3) is 5.91 Å². The van der Waals surface area contributed by atoms with Crippen LogP contribution in [0.25, 0.3) is 0 Å². The quantitative estimate of drug-likeness (QED) is 0.700. The molecular formula is C21H25NO4. The molecule has 1 atom stereocenters. The third kappa shape index (κ3) is 6.24. The van der Waals surface area contributed by atoms with Gasteiger partial charge < -0.3 is 14.8 Å². The van der Waals surface area contributed by atoms with Crippen LogP contribution in [0.5, 0.6) is 5.75 Å². The molecule has 0 aliphatic rings. The molecule has 1 N–H and O–H groups in total. The van der Waals surface area contributed by atoms with E-state index < -0.39 is 5.97 Å². The Labute approximate surface area is 154 Å². The zero-order valence-electron chi connectivity index (χ0n) is 15.2. The number of amides is 1. The van der Waals surface area contributed by atoms with Crippen molar-refractivity contribution in [2.75, 3.05) is 13.2 Å². The van der Waals surface area contributed by atoms with Crippen LogP contribution in [-0.4, -0.2) is 25.1 Å². The van der Waals surface area contributed by atoms with Gasteiger partial charge in [-0.3, -0.25) is 9.59 Å². The minimum absolute atomic E-state index is 0.138. The molecule has 1 amide bonds. The SMILES string of the molecule is CCOc1ccccc1CCC(=O)OCC(=O)N[C@@H](C)c1ccccc1. The van der Waals surface area contributed by atoms with Gasteiger partial charge in [0.2, 0.25) is 0 Å². The van der Waals surface area contributed by atoms with Gasteiger partial charge in [0.1, 0.15) is 5.75 Å². The smallest absolute Gasteiger partial charge is 0.306 e. The van der Waals surface area contributed by atoms with E-state index in [1.165, 1.54) is 0 Å². The molecule has 0 spiro atoms. The van der Waals surface area contributed by atoms with E-state index in [2.05, 4.69) is 5.32 Å². The number of rotatable bonds is 9. The van der Waals surface area contributed by atoms with Crippen molar-refractivity contribution in [2.24, 2.45) is 0 Å². The molecular weight excluding hydrogens is 330 g/mol. The minimum Gasteiger partial charge on any atom is -0.494 e. The first-order chi connectivity index (χ1) is 12.6. The van der Waals surface area contributed by atoms with Crippen molar-refractivity contribution in [3.05, 3.63) is 65.7 Å². The first kappa shape index (κ1) is 19.5. The summed E-state index contributed by atoms with van der Waals surface area (Å²) in [6, 6.07) is 17.1. The molecule has 0 aliphatic carbocycles. The van der Waals surface area contributed by atoms with Gasteiger partial charge in [-0.1, -0.05) is 48.5 Å². The number of carbonyl (C=O) groups is 2. The Kier molecular flexibility index (Phi) is 7.68. The molecule has 2 aromatic carbocycles. The van der Waals surface area contributed by atoms with E-state index in [4.69, 9.17) is 9.47 Å². The molecule has 5 heteroatoms. The number of hydrogen-bond donors (Lipinski definition) is 1. The Morgan fingerprint density at radius 1 is 1.04 bits per heavy atom. The average molecular weight is 355 g/mol. The third-order valence-electron chi connectivity index (χ3n) is 3.91. The fraction of sp³-hybridized carbons (Fsp3) is 0.333. The van der Waals surface area contributed by atoms with Crippen molar-refractivity contribution < 1.29 is 19.1 Å². The highest BCUT2D eigenvalue weighted by Crippen LogP contribution is 2.19. The lowest BCUT2D eigenvalue weighted by atomic mass is 10.1. The summed E-state index contributed by atoms with van der Waals surface area (Å²) in [7, 11) is 0. The van der Waals surface area contributed by atoms with Crippen LogP contribution in [0.3, 0.4) is 0 Å². The number of nitrogens with one attached hydrogen (secondary N) is 1. The first-order valence-electron chi connectivity index (χ1n) is 8.80. The van der Waals surface area contributed by atoms with Crippen LogP contribution in [0.1, 0.15) is 37.4 Å². The fourth-order valence-electron chi connectivity index (χ4n) is 2.57. The van der Waals surface area contributed by atoms with Gasteiger partial charge in [0.15, 0.2) is 6.61 Å². The lowest BCUT2D eigenvalue weighted by Gasteiger charge is -2.14. The summed E-state index contributed by atoms with van der Waals surface area (Å²) < 4.78 is 10.6. The van der Waals surface area contributed by atoms with Crippen LogP contribution < -0.4 is 10.1 Å². The van der Waals surface area contributed by atoms with Gasteiger partial charge in [-0.05, 0) is 37.5 Å². The summed E-state index contributed by atoms with van der Waals surface area (Å²) in [5.41, 5.74) is 1.95. The summed E-state index contributed by atoms with van der Waals surface area (Å²) >= 11 is 0. The Hall–Kier alpha value is -2.82. The standard InChI is InChI=1S/C21H25NO4/c1-3-25-19-12-8-7-11-18(19)13-14-21(24)26-15-20(23)22-16(2)17-9-5-4-6-10-17/h4-12,16H,3,13-15H2,1-2H3,(H,22,23)/t16-/m0/s1. The van der Waals surface area contributed by atoms with Crippen molar-refractivity contribution in [3.8, 4) is 5.75 Å². The van der Waals surface area contributed by atoms with Gasteiger partial charge in [0, 0.05) is 6.42 Å². The highest BCUT2D eigenvalue weighted by Gasteiger charge is 2.12. The molecule has 0 bridgehead atoms. The second kappa shape index (κ2) is 10.2. The molecule has 0 aliphatic heterocycles. The summed E-state index contributed by atoms with van der Waals surface area (Å²) in [5.74, 6) is 0.0560. The van der Waals surface area contributed by atoms with E-state index in [0.717, 1.165) is 16.9 Å². The van der Waals surface area contributed by atoms with Crippen molar-refractivity contribution in [1.82, 2.24) is 5.32 Å². The Morgan fingerprint density at radius 3 is 2.46 bits per heavy atom. The summed E-state index contributed by atoms with van der Waals surface area (Å²) in [6.45, 7) is 4.10. The monoisotopic (exact) mass is 355 g/mol. The van der Waals surface area contributed by atoms with Gasteiger partial charge in [-0.15, -0.1) is 0 Å². The normalized spacial score (nSPS) is 11.5. The van der Waals surface area contributed by atoms with Crippen molar-refractivity contribution in [3.63, 3.8) is 0 Å². The number of hydrogen-bond acceptors (Lipinski definition) is 4. The number of ether oxygens (including phenoxy) is 2. The van der Waals surface area contributed by atoms with Crippen molar-refractivity contribution >= 4 is 11.9 Å². The average Bonchev–Trinajstić information content (AvgIpc) is 2.66. The van der Waals surface area contributed by atoms with Gasteiger partial charge in [-0.2, -0.15) is 0 Å². The van der Waals surface area contributed by atoms with Crippen LogP contribution in [0, 0.1) is 0 Å². The molecule has 138 valence electrons. The van der Waals surface area contributed by atoms with E-state index in [1.54, 1.807) is 0 Å². The topological polar surface area (TPSA) is 64.6 Å². The van der Waals surface area contributed by atoms with Crippen LogP contribution >= 0.6 is 0 Å². The molecule has 0 radical (unpaired) electrons. The molecule has 0 fully saturated rings. The summed E-state index contributed by atoms with van der Waals surface area (Å²) in [4.78, 5) is 23.8. The largest absolute Gasteiger partial charge is 0.494 e. The molecule has 0 saturated heterocycles. The van der Waals surface area contributed by atoms with E-state index >= 15 is 0 Å². The first-order valence-corrected chi connectivity index (χ1v) is 8.80. The van der Waals surface area contributed by atoms with E-state index in [0.29, 0.717) is 13.0 Å². The van der Waals surface area contributed by atoms with Crippen LogP contribution in [0.4, 0.5) is 0 Å². The van der Waals surface area contributed by atoms with Crippen molar-refractivity contribution in [2.45, 2.75) is 32.7 Å². The molecule has 0 aromatic heterocycles. The molecule has 2 rings (SSSR count). The molecule has 2 aromatic rings. The van der Waals surface area contributed by atoms with Gasteiger partial charge in [0.05, 0.1) is 12.6 Å². The van der Waals surface area contributed by atoms with E-state index in [9.17, 15) is 9.59 Å². The van der Waals surface area contributed by atoms with E-state index in [1.807, 2.05) is 68.4 Å². The Balaban J connectivity index is 1.74. The number of benzene rings is 2. The summed E-state index contributed by atoms with van der Waals surface area (Å²) in [6.07, 6.45) is 0.711. The highest BCUT2D eigenvalue weighted by molar-refractivity contribution is 5.80. The number of esters is 1. The van der Waals surface area contributed by atoms with E-state index in [-0.39, 0.29) is 25.0 Å². The van der Waals surface area contributed by atoms with Crippen LogP contribution in [0.15, 0.2) is 54.6 Å². The number of aryl methyl sites for hydroxylation is 1. The number of para-hydroxylation sites is 1. The molecule has 26 heavy (non-hydrogen) atoms. The maximum absolute atomic E-state index is 11.9. The lowest BCUT2D eigenvalue weighted by Crippen LogP contribution is -2.31. The predicted octanol–water partition coefficient (Wildman–Crippen LogP) is 3.44. The second-order valence-corrected chi connectivity index (χ2v) is 5.90. The maximum atomic E-state index is 11.9. The lowest BCUT2D eigenvalue weighted by molar-refractivity contribution is -0.148. The summed E-state index contributed by atoms with van der Waals surface area (Å²) in [5, 5.41) is 2.82. The second-order valence-electron chi connectivity index (χ2n) is 5.90. The molecule has 0 heterocycles. The Bertz CT molecular complexity index is 715. The predicted molar refractivity (Wildman–Crippen MR) is 99.9 cm³/mol.